The third-order valence-electron chi connectivity index (χ3n) is 4.14. The van der Waals surface area contributed by atoms with E-state index in [-0.39, 0.29) is 11.4 Å². The van der Waals surface area contributed by atoms with Crippen molar-refractivity contribution in [3.63, 3.8) is 0 Å². The molecule has 2 aromatic rings. The summed E-state index contributed by atoms with van der Waals surface area (Å²) in [6, 6.07) is 15.7. The van der Waals surface area contributed by atoms with E-state index in [1.54, 1.807) is 23.9 Å². The minimum atomic E-state index is -0.0692. The van der Waals surface area contributed by atoms with E-state index in [4.69, 9.17) is 11.6 Å². The molecule has 1 N–H and O–H groups in total. The first-order chi connectivity index (χ1) is 11.5. The molecule has 5 heteroatoms. The molecule has 1 aliphatic rings. The van der Waals surface area contributed by atoms with Crippen LogP contribution in [0.3, 0.4) is 0 Å². The van der Waals surface area contributed by atoms with Gasteiger partial charge in [-0.3, -0.25) is 0 Å². The first-order valence-corrected chi connectivity index (χ1v) is 9.52. The number of urea groups is 1. The van der Waals surface area contributed by atoms with Crippen LogP contribution in [0.4, 0.5) is 10.5 Å². The van der Waals surface area contributed by atoms with Crippen molar-refractivity contribution in [3.8, 4) is 0 Å². The molecular weight excluding hydrogens is 340 g/mol. The highest BCUT2D eigenvalue weighted by atomic mass is 35.5. The molecule has 24 heavy (non-hydrogen) atoms. The zero-order valence-electron chi connectivity index (χ0n) is 13.8. The van der Waals surface area contributed by atoms with Gasteiger partial charge in [-0.2, -0.15) is 0 Å². The Morgan fingerprint density at radius 2 is 1.83 bits per heavy atom. The average molecular weight is 361 g/mol. The van der Waals surface area contributed by atoms with Crippen molar-refractivity contribution in [2.24, 2.45) is 0 Å². The third-order valence-corrected chi connectivity index (χ3v) is 5.65. The minimum absolute atomic E-state index is 0.0681. The van der Waals surface area contributed by atoms with Crippen molar-refractivity contribution in [2.75, 3.05) is 17.6 Å². The summed E-state index contributed by atoms with van der Waals surface area (Å²) in [5.41, 5.74) is 3.25. The highest BCUT2D eigenvalue weighted by molar-refractivity contribution is 7.99. The Hall–Kier alpha value is -1.65. The lowest BCUT2D eigenvalue weighted by molar-refractivity contribution is 0.214. The van der Waals surface area contributed by atoms with Crippen LogP contribution >= 0.6 is 23.4 Å². The lowest BCUT2D eigenvalue weighted by Crippen LogP contribution is -2.34. The molecule has 3 nitrogen and oxygen atoms in total. The molecule has 1 aliphatic heterocycles. The molecule has 0 spiro atoms. The number of benzene rings is 2. The molecule has 0 aliphatic carbocycles. The van der Waals surface area contributed by atoms with Gasteiger partial charge in [0, 0.05) is 23.0 Å². The first-order valence-electron chi connectivity index (χ1n) is 8.09. The second-order valence-electron chi connectivity index (χ2n) is 6.17. The van der Waals surface area contributed by atoms with Gasteiger partial charge in [0.15, 0.2) is 0 Å². The average Bonchev–Trinajstić information content (AvgIpc) is 3.07. The number of nitrogens with zero attached hydrogens (tertiary/aromatic N) is 1. The number of halogens is 1. The van der Waals surface area contributed by atoms with Gasteiger partial charge in [0.2, 0.25) is 0 Å². The Bertz CT molecular complexity index is 700. The van der Waals surface area contributed by atoms with E-state index in [2.05, 4.69) is 43.4 Å². The number of amides is 2. The van der Waals surface area contributed by atoms with Gasteiger partial charge in [0.05, 0.1) is 0 Å². The van der Waals surface area contributed by atoms with Crippen LogP contribution in [0.15, 0.2) is 48.5 Å². The molecule has 1 unspecified atom stereocenters. The molecule has 1 saturated heterocycles. The predicted octanol–water partition coefficient (Wildman–Crippen LogP) is 5.74. The maximum atomic E-state index is 12.6. The maximum absolute atomic E-state index is 12.6. The summed E-state index contributed by atoms with van der Waals surface area (Å²) in [6.07, 6.45) is 0. The number of carbonyl (C=O) groups excluding carboxylic acids is 1. The molecule has 126 valence electrons. The molecule has 0 aromatic heterocycles. The highest BCUT2D eigenvalue weighted by Gasteiger charge is 2.30. The third kappa shape index (κ3) is 3.87. The normalized spacial score (nSPS) is 17.3. The molecule has 1 fully saturated rings. The second kappa shape index (κ2) is 7.49. The topological polar surface area (TPSA) is 32.3 Å². The van der Waals surface area contributed by atoms with Gasteiger partial charge in [-0.05, 0) is 41.3 Å². The summed E-state index contributed by atoms with van der Waals surface area (Å²) in [6.45, 7) is 5.12. The standard InChI is InChI=1S/C19H21ClN2OS/c1-13(2)14-3-5-15(6-4-14)18-22(11-12-24-18)19(23)21-17-9-7-16(20)8-10-17/h3-10,13,18H,11-12H2,1-2H3,(H,21,23). The van der Waals surface area contributed by atoms with Crippen molar-refractivity contribution >= 4 is 35.1 Å². The Morgan fingerprint density at radius 3 is 2.46 bits per heavy atom. The number of hydrogen-bond donors (Lipinski definition) is 1. The van der Waals surface area contributed by atoms with Crippen molar-refractivity contribution in [1.29, 1.82) is 0 Å². The Kier molecular flexibility index (Phi) is 5.36. The van der Waals surface area contributed by atoms with Crippen molar-refractivity contribution in [3.05, 3.63) is 64.7 Å². The van der Waals surface area contributed by atoms with Gasteiger partial charge in [0.25, 0.3) is 0 Å². The van der Waals surface area contributed by atoms with E-state index >= 15 is 0 Å². The fourth-order valence-electron chi connectivity index (χ4n) is 2.73. The monoisotopic (exact) mass is 360 g/mol. The highest BCUT2D eigenvalue weighted by Crippen LogP contribution is 2.38. The summed E-state index contributed by atoms with van der Waals surface area (Å²) >= 11 is 7.69. The number of nitrogens with one attached hydrogen (secondary N) is 1. The molecular formula is C19H21ClN2OS. The van der Waals surface area contributed by atoms with E-state index in [9.17, 15) is 4.79 Å². The number of anilines is 1. The molecule has 0 bridgehead atoms. The fourth-order valence-corrected chi connectivity index (χ4v) is 4.11. The molecule has 0 radical (unpaired) electrons. The summed E-state index contributed by atoms with van der Waals surface area (Å²) in [5.74, 6) is 1.46. The van der Waals surface area contributed by atoms with Gasteiger partial charge in [-0.25, -0.2) is 4.79 Å². The molecule has 1 atom stereocenters. The molecule has 3 rings (SSSR count). The zero-order chi connectivity index (χ0) is 17.1. The number of rotatable bonds is 3. The van der Waals surface area contributed by atoms with Gasteiger partial charge < -0.3 is 10.2 Å². The second-order valence-corrected chi connectivity index (χ2v) is 7.80. The van der Waals surface area contributed by atoms with Gasteiger partial charge in [-0.1, -0.05) is 49.7 Å². The Balaban J connectivity index is 1.72. The quantitative estimate of drug-likeness (QED) is 0.756. The smallest absolute Gasteiger partial charge is 0.308 e. The van der Waals surface area contributed by atoms with Gasteiger partial charge >= 0.3 is 6.03 Å². The molecule has 2 aromatic carbocycles. The van der Waals surface area contributed by atoms with E-state index in [1.807, 2.05) is 17.0 Å². The number of hydrogen-bond acceptors (Lipinski definition) is 2. The lowest BCUT2D eigenvalue weighted by atomic mass is 10.0. The van der Waals surface area contributed by atoms with Crippen LogP contribution in [0.2, 0.25) is 5.02 Å². The van der Waals surface area contributed by atoms with Crippen molar-refractivity contribution in [2.45, 2.75) is 25.1 Å². The zero-order valence-corrected chi connectivity index (χ0v) is 15.4. The molecule has 1 heterocycles. The van der Waals surface area contributed by atoms with Gasteiger partial charge in [0.1, 0.15) is 5.37 Å². The first kappa shape index (κ1) is 17.2. The van der Waals surface area contributed by atoms with Gasteiger partial charge in [-0.15, -0.1) is 11.8 Å². The largest absolute Gasteiger partial charge is 0.323 e. The summed E-state index contributed by atoms with van der Waals surface area (Å²) in [7, 11) is 0. The summed E-state index contributed by atoms with van der Waals surface area (Å²) in [5, 5.41) is 3.68. The minimum Gasteiger partial charge on any atom is -0.308 e. The summed E-state index contributed by atoms with van der Waals surface area (Å²) in [4.78, 5) is 14.5. The van der Waals surface area contributed by atoms with Crippen LogP contribution in [0.25, 0.3) is 0 Å². The van der Waals surface area contributed by atoms with E-state index in [0.717, 1.165) is 18.0 Å². The SMILES string of the molecule is CC(C)c1ccc(C2SCCN2C(=O)Nc2ccc(Cl)cc2)cc1. The summed E-state index contributed by atoms with van der Waals surface area (Å²) < 4.78 is 0. The predicted molar refractivity (Wildman–Crippen MR) is 103 cm³/mol. The van der Waals surface area contributed by atoms with Crippen molar-refractivity contribution < 1.29 is 4.79 Å². The van der Waals surface area contributed by atoms with Crippen LogP contribution in [0.5, 0.6) is 0 Å². The Labute approximate surface area is 152 Å². The number of thioether (sulfide) groups is 1. The number of carbonyl (C=O) groups is 1. The fraction of sp³-hybridized carbons (Fsp3) is 0.316. The molecule has 0 saturated carbocycles. The van der Waals surface area contributed by atoms with Crippen LogP contribution in [-0.2, 0) is 0 Å². The van der Waals surface area contributed by atoms with Crippen LogP contribution < -0.4 is 5.32 Å². The van der Waals surface area contributed by atoms with Crippen molar-refractivity contribution in [1.82, 2.24) is 4.90 Å². The lowest BCUT2D eigenvalue weighted by Gasteiger charge is -2.24. The van der Waals surface area contributed by atoms with E-state index in [1.165, 1.54) is 11.1 Å². The van der Waals surface area contributed by atoms with Crippen LogP contribution in [-0.4, -0.2) is 23.2 Å². The Morgan fingerprint density at radius 1 is 1.17 bits per heavy atom. The van der Waals surface area contributed by atoms with E-state index in [0.29, 0.717) is 10.9 Å². The van der Waals surface area contributed by atoms with Crippen LogP contribution in [0.1, 0.15) is 36.3 Å². The van der Waals surface area contributed by atoms with Crippen LogP contribution in [0, 0.1) is 0 Å². The maximum Gasteiger partial charge on any atom is 0.323 e. The molecule has 2 amide bonds. The van der Waals surface area contributed by atoms with E-state index < -0.39 is 0 Å².